The van der Waals surface area contributed by atoms with Gasteiger partial charge in [0.15, 0.2) is 0 Å². The Balaban J connectivity index is 1.63. The molecule has 1 aliphatic heterocycles. The predicted octanol–water partition coefficient (Wildman–Crippen LogP) is 2.95. The smallest absolute Gasteiger partial charge is 0.243 e. The minimum Gasteiger partial charge on any atom is -0.311 e. The van der Waals surface area contributed by atoms with E-state index in [1.807, 2.05) is 26.8 Å². The molecule has 1 amide bonds. The summed E-state index contributed by atoms with van der Waals surface area (Å²) in [5.74, 6) is -0.222. The lowest BCUT2D eigenvalue weighted by atomic mass is 9.97. The maximum Gasteiger partial charge on any atom is 0.243 e. The number of sulfonamides is 1. The van der Waals surface area contributed by atoms with Crippen LogP contribution in [0.3, 0.4) is 0 Å². The van der Waals surface area contributed by atoms with Crippen molar-refractivity contribution in [2.24, 2.45) is 5.92 Å². The number of carbonyl (C=O) groups excluding carboxylic acids is 1. The van der Waals surface area contributed by atoms with Crippen LogP contribution in [0.2, 0.25) is 0 Å². The fourth-order valence-electron chi connectivity index (χ4n) is 3.35. The number of nitrogens with zero attached hydrogens (tertiary/aromatic N) is 3. The second-order valence-electron chi connectivity index (χ2n) is 7.33. The summed E-state index contributed by atoms with van der Waals surface area (Å²) in [7, 11) is -3.68. The van der Waals surface area contributed by atoms with Crippen LogP contribution < -0.4 is 5.32 Å². The Bertz CT molecular complexity index is 946. The van der Waals surface area contributed by atoms with Crippen LogP contribution in [0.1, 0.15) is 38.4 Å². The van der Waals surface area contributed by atoms with Gasteiger partial charge in [0, 0.05) is 31.1 Å². The number of halogens is 1. The molecule has 0 aliphatic carbocycles. The first-order valence-electron chi connectivity index (χ1n) is 9.31. The number of aryl methyl sites for hydroxylation is 1. The van der Waals surface area contributed by atoms with E-state index in [4.69, 9.17) is 0 Å². The van der Waals surface area contributed by atoms with E-state index in [9.17, 15) is 17.6 Å². The quantitative estimate of drug-likeness (QED) is 0.824. The highest BCUT2D eigenvalue weighted by molar-refractivity contribution is 7.89. The molecule has 1 aromatic heterocycles. The normalized spacial score (nSPS) is 16.5. The van der Waals surface area contributed by atoms with Crippen LogP contribution in [0, 0.1) is 18.7 Å². The highest BCUT2D eigenvalue weighted by Crippen LogP contribution is 2.25. The van der Waals surface area contributed by atoms with E-state index in [2.05, 4.69) is 10.4 Å². The van der Waals surface area contributed by atoms with E-state index in [1.54, 1.807) is 4.68 Å². The number of benzene rings is 1. The average molecular weight is 408 g/mol. The van der Waals surface area contributed by atoms with Crippen LogP contribution >= 0.6 is 0 Å². The Morgan fingerprint density at radius 3 is 2.39 bits per heavy atom. The van der Waals surface area contributed by atoms with Crippen LogP contribution in [0.4, 0.5) is 10.2 Å². The van der Waals surface area contributed by atoms with Crippen LogP contribution in [-0.4, -0.2) is 41.5 Å². The monoisotopic (exact) mass is 408 g/mol. The first kappa shape index (κ1) is 20.5. The Labute approximate surface area is 164 Å². The van der Waals surface area contributed by atoms with Gasteiger partial charge in [-0.2, -0.15) is 9.40 Å². The van der Waals surface area contributed by atoms with Gasteiger partial charge in [0.2, 0.25) is 15.9 Å². The van der Waals surface area contributed by atoms with Crippen LogP contribution in [0.15, 0.2) is 35.2 Å². The third-order valence-electron chi connectivity index (χ3n) is 4.87. The molecule has 7 nitrogen and oxygen atoms in total. The first-order chi connectivity index (χ1) is 13.2. The van der Waals surface area contributed by atoms with Crippen LogP contribution in [0.5, 0.6) is 0 Å². The summed E-state index contributed by atoms with van der Waals surface area (Å²) in [6.07, 6.45) is 0.863. The molecule has 9 heteroatoms. The summed E-state index contributed by atoms with van der Waals surface area (Å²) in [5, 5.41) is 7.31. The van der Waals surface area contributed by atoms with Crippen molar-refractivity contribution in [3.63, 3.8) is 0 Å². The molecule has 0 unspecified atom stereocenters. The second-order valence-corrected chi connectivity index (χ2v) is 9.27. The third-order valence-corrected chi connectivity index (χ3v) is 6.79. The van der Waals surface area contributed by atoms with E-state index < -0.39 is 15.8 Å². The standard InChI is InChI=1S/C19H25FN4O3S/c1-13(2)24-18(12-14(3)22-24)21-19(25)15-8-10-23(11-9-15)28(26,27)17-6-4-16(20)5-7-17/h4-7,12-13,15H,8-11H2,1-3H3,(H,21,25). The molecule has 0 atom stereocenters. The number of carbonyl (C=O) groups is 1. The number of amides is 1. The van der Waals surface area contributed by atoms with E-state index in [1.165, 1.54) is 16.4 Å². The maximum atomic E-state index is 13.1. The van der Waals surface area contributed by atoms with Crippen molar-refractivity contribution in [3.8, 4) is 0 Å². The van der Waals surface area contributed by atoms with Crippen LogP contribution in [0.25, 0.3) is 0 Å². The van der Waals surface area contributed by atoms with Gasteiger partial charge in [0.1, 0.15) is 11.6 Å². The van der Waals surface area contributed by atoms with Crippen molar-refractivity contribution in [1.29, 1.82) is 0 Å². The molecule has 1 N–H and O–H groups in total. The minimum absolute atomic E-state index is 0.0631. The second kappa shape index (κ2) is 8.00. The van der Waals surface area contributed by atoms with E-state index in [0.29, 0.717) is 18.7 Å². The number of anilines is 1. The molecule has 3 rings (SSSR count). The van der Waals surface area contributed by atoms with Crippen LogP contribution in [-0.2, 0) is 14.8 Å². The lowest BCUT2D eigenvalue weighted by Gasteiger charge is -2.30. The zero-order valence-corrected chi connectivity index (χ0v) is 17.0. The molecular formula is C19H25FN4O3S. The number of nitrogens with one attached hydrogen (secondary N) is 1. The van der Waals surface area contributed by atoms with E-state index in [-0.39, 0.29) is 35.9 Å². The Hall–Kier alpha value is -2.26. The number of aromatic nitrogens is 2. The number of hydrogen-bond acceptors (Lipinski definition) is 4. The molecule has 2 heterocycles. The Kier molecular flexibility index (Phi) is 5.85. The molecule has 1 saturated heterocycles. The molecule has 28 heavy (non-hydrogen) atoms. The molecule has 0 bridgehead atoms. The number of rotatable bonds is 5. The summed E-state index contributed by atoms with van der Waals surface area (Å²) in [6, 6.07) is 6.73. The third kappa shape index (κ3) is 4.25. The lowest BCUT2D eigenvalue weighted by Crippen LogP contribution is -2.41. The van der Waals surface area contributed by atoms with Crippen molar-refractivity contribution in [1.82, 2.24) is 14.1 Å². The molecule has 1 aliphatic rings. The van der Waals surface area contributed by atoms with Gasteiger partial charge in [0.25, 0.3) is 0 Å². The van der Waals surface area contributed by atoms with Gasteiger partial charge in [-0.3, -0.25) is 4.79 Å². The molecule has 1 fully saturated rings. The fraction of sp³-hybridized carbons (Fsp3) is 0.474. The molecule has 0 spiro atoms. The maximum absolute atomic E-state index is 13.1. The predicted molar refractivity (Wildman–Crippen MR) is 104 cm³/mol. The molecule has 0 radical (unpaired) electrons. The Morgan fingerprint density at radius 2 is 1.82 bits per heavy atom. The SMILES string of the molecule is Cc1cc(NC(=O)C2CCN(S(=O)(=O)c3ccc(F)cc3)CC2)n(C(C)C)n1. The van der Waals surface area contributed by atoms with Gasteiger partial charge in [-0.1, -0.05) is 0 Å². The summed E-state index contributed by atoms with van der Waals surface area (Å²) in [5.41, 5.74) is 0.823. The molecule has 0 saturated carbocycles. The minimum atomic E-state index is -3.68. The highest BCUT2D eigenvalue weighted by Gasteiger charge is 2.32. The van der Waals surface area contributed by atoms with Crippen molar-refractivity contribution < 1.29 is 17.6 Å². The van der Waals surface area contributed by atoms with Gasteiger partial charge < -0.3 is 5.32 Å². The van der Waals surface area contributed by atoms with Crippen molar-refractivity contribution in [2.75, 3.05) is 18.4 Å². The largest absolute Gasteiger partial charge is 0.311 e. The molecule has 152 valence electrons. The summed E-state index contributed by atoms with van der Waals surface area (Å²) in [4.78, 5) is 12.7. The first-order valence-corrected chi connectivity index (χ1v) is 10.7. The van der Waals surface area contributed by atoms with Gasteiger partial charge in [-0.15, -0.1) is 0 Å². The zero-order chi connectivity index (χ0) is 20.5. The Morgan fingerprint density at radius 1 is 1.21 bits per heavy atom. The average Bonchev–Trinajstić information content (AvgIpc) is 3.02. The van der Waals surface area contributed by atoms with Crippen molar-refractivity contribution >= 4 is 21.7 Å². The van der Waals surface area contributed by atoms with Gasteiger partial charge >= 0.3 is 0 Å². The summed E-state index contributed by atoms with van der Waals surface area (Å²) >= 11 is 0. The molecular weight excluding hydrogens is 383 g/mol. The number of hydrogen-bond donors (Lipinski definition) is 1. The van der Waals surface area contributed by atoms with Gasteiger partial charge in [0.05, 0.1) is 10.6 Å². The zero-order valence-electron chi connectivity index (χ0n) is 16.2. The summed E-state index contributed by atoms with van der Waals surface area (Å²) < 4.78 is 41.5. The molecule has 1 aromatic carbocycles. The van der Waals surface area contributed by atoms with Crippen molar-refractivity contribution in [2.45, 2.75) is 44.6 Å². The molecule has 2 aromatic rings. The van der Waals surface area contributed by atoms with Gasteiger partial charge in [-0.05, 0) is 57.9 Å². The number of piperidine rings is 1. The highest BCUT2D eigenvalue weighted by atomic mass is 32.2. The summed E-state index contributed by atoms with van der Waals surface area (Å²) in [6.45, 7) is 6.34. The lowest BCUT2D eigenvalue weighted by molar-refractivity contribution is -0.121. The fourth-order valence-corrected chi connectivity index (χ4v) is 4.82. The van der Waals surface area contributed by atoms with E-state index in [0.717, 1.165) is 17.8 Å². The van der Waals surface area contributed by atoms with Crippen molar-refractivity contribution in [3.05, 3.63) is 41.8 Å². The van der Waals surface area contributed by atoms with E-state index >= 15 is 0 Å². The van der Waals surface area contributed by atoms with Gasteiger partial charge in [-0.25, -0.2) is 17.5 Å². The topological polar surface area (TPSA) is 84.3 Å².